The van der Waals surface area contributed by atoms with E-state index in [1.165, 1.54) is 24.9 Å². The fourth-order valence-corrected chi connectivity index (χ4v) is 4.89. The number of aliphatic hydroxyl groups excluding tert-OH is 1. The molecular formula is C22H30N2O3S. The molecule has 2 atom stereocenters. The maximum atomic E-state index is 12.3. The van der Waals surface area contributed by atoms with E-state index in [4.69, 9.17) is 5.11 Å². The van der Waals surface area contributed by atoms with Gasteiger partial charge in [0.15, 0.2) is 0 Å². The molecule has 3 rings (SSSR count). The molecular weight excluding hydrogens is 372 g/mol. The number of aliphatic hydroxyl groups is 1. The predicted molar refractivity (Wildman–Crippen MR) is 113 cm³/mol. The fourth-order valence-electron chi connectivity index (χ4n) is 3.66. The van der Waals surface area contributed by atoms with E-state index in [-0.39, 0.29) is 11.5 Å². The fraction of sp³-hybridized carbons (Fsp3) is 0.455. The molecule has 2 N–H and O–H groups in total. The van der Waals surface area contributed by atoms with E-state index in [1.54, 1.807) is 19.1 Å². The molecule has 152 valence electrons. The van der Waals surface area contributed by atoms with Crippen molar-refractivity contribution < 1.29 is 13.5 Å². The molecule has 28 heavy (non-hydrogen) atoms. The Labute approximate surface area is 168 Å². The molecule has 0 unspecified atom stereocenters. The highest BCUT2D eigenvalue weighted by molar-refractivity contribution is 7.89. The predicted octanol–water partition coefficient (Wildman–Crippen LogP) is 3.04. The number of nitrogens with one attached hydrogen (secondary N) is 1. The highest BCUT2D eigenvalue weighted by Crippen LogP contribution is 2.23. The number of benzene rings is 2. The molecule has 2 aromatic carbocycles. The number of hydrogen-bond acceptors (Lipinski definition) is 4. The van der Waals surface area contributed by atoms with Crippen LogP contribution in [0, 0.1) is 0 Å². The molecule has 2 aromatic rings. The van der Waals surface area contributed by atoms with Gasteiger partial charge in [0.05, 0.1) is 11.5 Å². The van der Waals surface area contributed by atoms with E-state index in [1.807, 2.05) is 12.1 Å². The molecule has 1 aliphatic rings. The van der Waals surface area contributed by atoms with Gasteiger partial charge in [0.25, 0.3) is 0 Å². The van der Waals surface area contributed by atoms with Crippen molar-refractivity contribution in [2.24, 2.45) is 0 Å². The van der Waals surface area contributed by atoms with Gasteiger partial charge in [-0.25, -0.2) is 13.1 Å². The van der Waals surface area contributed by atoms with Crippen LogP contribution >= 0.6 is 0 Å². The van der Waals surface area contributed by atoms with Gasteiger partial charge >= 0.3 is 0 Å². The van der Waals surface area contributed by atoms with Crippen molar-refractivity contribution in [2.45, 2.75) is 50.1 Å². The van der Waals surface area contributed by atoms with Crippen molar-refractivity contribution in [1.29, 1.82) is 0 Å². The highest BCUT2D eigenvalue weighted by Gasteiger charge is 2.19. The Morgan fingerprint density at radius 1 is 1.11 bits per heavy atom. The zero-order chi connectivity index (χ0) is 20.1. The largest absolute Gasteiger partial charge is 0.395 e. The Morgan fingerprint density at radius 2 is 1.71 bits per heavy atom. The van der Waals surface area contributed by atoms with Gasteiger partial charge in [-0.1, -0.05) is 36.4 Å². The first-order valence-corrected chi connectivity index (χ1v) is 11.4. The lowest BCUT2D eigenvalue weighted by atomic mass is 10.0. The Balaban J connectivity index is 1.64. The quantitative estimate of drug-likeness (QED) is 0.712. The summed E-state index contributed by atoms with van der Waals surface area (Å²) < 4.78 is 27.0. The summed E-state index contributed by atoms with van der Waals surface area (Å²) in [5, 5.41) is 9.04. The van der Waals surface area contributed by atoms with Crippen LogP contribution in [0.25, 0.3) is 11.1 Å². The Kier molecular flexibility index (Phi) is 6.88. The summed E-state index contributed by atoms with van der Waals surface area (Å²) in [5.74, 6) is 0. The average molecular weight is 403 g/mol. The zero-order valence-corrected chi connectivity index (χ0v) is 17.5. The van der Waals surface area contributed by atoms with Gasteiger partial charge in [-0.2, -0.15) is 0 Å². The van der Waals surface area contributed by atoms with Gasteiger partial charge in [-0.15, -0.1) is 0 Å². The summed E-state index contributed by atoms with van der Waals surface area (Å²) in [6.45, 7) is 6.00. The Morgan fingerprint density at radius 3 is 2.25 bits per heavy atom. The second-order valence-electron chi connectivity index (χ2n) is 7.70. The minimum atomic E-state index is -3.61. The molecule has 1 aliphatic heterocycles. The Bertz CT molecular complexity index is 864. The number of nitrogens with zero attached hydrogens (tertiary/aromatic N) is 1. The minimum Gasteiger partial charge on any atom is -0.395 e. The molecule has 0 amide bonds. The molecule has 1 saturated heterocycles. The summed E-state index contributed by atoms with van der Waals surface area (Å²) in [7, 11) is -3.61. The van der Waals surface area contributed by atoms with Gasteiger partial charge in [0, 0.05) is 18.6 Å². The maximum Gasteiger partial charge on any atom is 0.240 e. The van der Waals surface area contributed by atoms with Crippen LogP contribution in [0.3, 0.4) is 0 Å². The second kappa shape index (κ2) is 9.18. The van der Waals surface area contributed by atoms with Crippen LogP contribution in [-0.2, 0) is 16.4 Å². The van der Waals surface area contributed by atoms with E-state index in [2.05, 4.69) is 40.8 Å². The van der Waals surface area contributed by atoms with Crippen LogP contribution in [0.2, 0.25) is 0 Å². The van der Waals surface area contributed by atoms with Crippen molar-refractivity contribution in [1.82, 2.24) is 9.62 Å². The molecule has 6 heteroatoms. The minimum absolute atomic E-state index is 0.202. The normalized spacial score (nSPS) is 19.0. The van der Waals surface area contributed by atoms with Crippen molar-refractivity contribution in [3.05, 3.63) is 54.1 Å². The lowest BCUT2D eigenvalue weighted by molar-refractivity contribution is 0.265. The summed E-state index contributed by atoms with van der Waals surface area (Å²) in [6.07, 6.45) is 3.66. The topological polar surface area (TPSA) is 69.6 Å². The highest BCUT2D eigenvalue weighted by atomic mass is 32.2. The molecule has 1 fully saturated rings. The first-order chi connectivity index (χ1) is 13.4. The van der Waals surface area contributed by atoms with Crippen LogP contribution in [0.4, 0.5) is 0 Å². The number of likely N-dealkylation sites (tertiary alicyclic amines) is 1. The standard InChI is InChI=1S/C22H30N2O3S/c1-17(16-25)23-28(26,27)22-11-9-21(10-12-22)20-7-5-19(6-8-20)13-15-24-14-3-4-18(24)2/h5-12,17-18,23,25H,3-4,13-16H2,1-2H3/t17-,18+/m0/s1. The van der Waals surface area contributed by atoms with Crippen LogP contribution in [0.5, 0.6) is 0 Å². The molecule has 0 bridgehead atoms. The van der Waals surface area contributed by atoms with Crippen LogP contribution in [-0.4, -0.2) is 50.2 Å². The van der Waals surface area contributed by atoms with Crippen molar-refractivity contribution in [2.75, 3.05) is 19.7 Å². The van der Waals surface area contributed by atoms with E-state index in [9.17, 15) is 8.42 Å². The van der Waals surface area contributed by atoms with Crippen LogP contribution in [0.1, 0.15) is 32.3 Å². The molecule has 0 saturated carbocycles. The first-order valence-electron chi connectivity index (χ1n) is 9.95. The third kappa shape index (κ3) is 5.20. The van der Waals surface area contributed by atoms with E-state index in [0.717, 1.165) is 24.1 Å². The van der Waals surface area contributed by atoms with E-state index < -0.39 is 16.1 Å². The molecule has 0 spiro atoms. The Hall–Kier alpha value is -1.73. The SMILES string of the molecule is C[C@@H]1CCCN1CCc1ccc(-c2ccc(S(=O)(=O)N[C@@H](C)CO)cc2)cc1. The third-order valence-electron chi connectivity index (χ3n) is 5.46. The average Bonchev–Trinajstić information content (AvgIpc) is 3.11. The second-order valence-corrected chi connectivity index (χ2v) is 9.42. The zero-order valence-electron chi connectivity index (χ0n) is 16.6. The van der Waals surface area contributed by atoms with Gasteiger partial charge < -0.3 is 10.0 Å². The van der Waals surface area contributed by atoms with Gasteiger partial charge in [-0.05, 0) is 68.5 Å². The van der Waals surface area contributed by atoms with Gasteiger partial charge in [0.2, 0.25) is 10.0 Å². The van der Waals surface area contributed by atoms with Gasteiger partial charge in [-0.3, -0.25) is 0 Å². The number of hydrogen-bond donors (Lipinski definition) is 2. The molecule has 5 nitrogen and oxygen atoms in total. The third-order valence-corrected chi connectivity index (χ3v) is 7.07. The van der Waals surface area contributed by atoms with Crippen molar-refractivity contribution in [3.8, 4) is 11.1 Å². The van der Waals surface area contributed by atoms with Crippen molar-refractivity contribution >= 4 is 10.0 Å². The lowest BCUT2D eigenvalue weighted by Crippen LogP contribution is -2.34. The van der Waals surface area contributed by atoms with Crippen LogP contribution in [0.15, 0.2) is 53.4 Å². The smallest absolute Gasteiger partial charge is 0.240 e. The maximum absolute atomic E-state index is 12.3. The van der Waals surface area contributed by atoms with Crippen molar-refractivity contribution in [3.63, 3.8) is 0 Å². The van der Waals surface area contributed by atoms with Crippen LogP contribution < -0.4 is 4.72 Å². The summed E-state index contributed by atoms with van der Waals surface area (Å²) in [4.78, 5) is 2.76. The number of rotatable bonds is 8. The lowest BCUT2D eigenvalue weighted by Gasteiger charge is -2.20. The monoisotopic (exact) mass is 402 g/mol. The summed E-state index contributed by atoms with van der Waals surface area (Å²) in [6, 6.07) is 15.5. The first kappa shape index (κ1) is 21.0. The molecule has 0 radical (unpaired) electrons. The number of sulfonamides is 1. The molecule has 1 heterocycles. The molecule has 0 aliphatic carbocycles. The summed E-state index contributed by atoms with van der Waals surface area (Å²) in [5.41, 5.74) is 3.37. The van der Waals surface area contributed by atoms with Gasteiger partial charge in [0.1, 0.15) is 0 Å². The van der Waals surface area contributed by atoms with E-state index >= 15 is 0 Å². The molecule has 0 aromatic heterocycles. The summed E-state index contributed by atoms with van der Waals surface area (Å²) >= 11 is 0. The van der Waals surface area contributed by atoms with E-state index in [0.29, 0.717) is 6.04 Å².